The van der Waals surface area contributed by atoms with E-state index in [1.165, 1.54) is 43.9 Å². The first kappa shape index (κ1) is 21.6. The van der Waals surface area contributed by atoms with Crippen LogP contribution in [0.15, 0.2) is 36.5 Å². The van der Waals surface area contributed by atoms with Crippen LogP contribution < -0.4 is 16.0 Å². The first-order chi connectivity index (χ1) is 16.1. The summed E-state index contributed by atoms with van der Waals surface area (Å²) in [5, 5.41) is 4.09. The number of aromatic nitrogens is 3. The van der Waals surface area contributed by atoms with Crippen LogP contribution in [0.1, 0.15) is 60.9 Å². The number of morpholine rings is 1. The zero-order chi connectivity index (χ0) is 22.8. The molecule has 8 nitrogen and oxygen atoms in total. The van der Waals surface area contributed by atoms with Crippen molar-refractivity contribution in [2.45, 2.75) is 51.0 Å². The Morgan fingerprint density at radius 1 is 1.15 bits per heavy atom. The van der Waals surface area contributed by atoms with Crippen LogP contribution in [0.4, 0.5) is 17.5 Å². The zero-order valence-corrected chi connectivity index (χ0v) is 19.0. The molecule has 1 aromatic carbocycles. The third-order valence-electron chi connectivity index (χ3n) is 6.60. The van der Waals surface area contributed by atoms with Gasteiger partial charge in [0.25, 0.3) is 0 Å². The van der Waals surface area contributed by atoms with Gasteiger partial charge in [0.1, 0.15) is 5.82 Å². The van der Waals surface area contributed by atoms with E-state index in [1.54, 1.807) is 6.07 Å². The predicted molar refractivity (Wildman–Crippen MR) is 129 cm³/mol. The van der Waals surface area contributed by atoms with Gasteiger partial charge in [0.05, 0.1) is 23.7 Å². The maximum atomic E-state index is 11.8. The summed E-state index contributed by atoms with van der Waals surface area (Å²) < 4.78 is 5.67. The zero-order valence-electron chi connectivity index (χ0n) is 19.0. The quantitative estimate of drug-likeness (QED) is 0.607. The number of pyridine rings is 1. The molecule has 3 aromatic rings. The van der Waals surface area contributed by atoms with Crippen molar-refractivity contribution < 1.29 is 9.53 Å². The molecule has 0 bridgehead atoms. The van der Waals surface area contributed by atoms with Gasteiger partial charge in [0, 0.05) is 25.0 Å². The van der Waals surface area contributed by atoms with E-state index in [0.717, 1.165) is 5.69 Å². The molecule has 1 aliphatic heterocycles. The van der Waals surface area contributed by atoms with Gasteiger partial charge in [-0.1, -0.05) is 31.4 Å². The molecule has 2 fully saturated rings. The molecule has 3 heterocycles. The van der Waals surface area contributed by atoms with Gasteiger partial charge in [-0.2, -0.15) is 9.97 Å². The molecule has 1 atom stereocenters. The summed E-state index contributed by atoms with van der Waals surface area (Å²) in [4.78, 5) is 27.8. The summed E-state index contributed by atoms with van der Waals surface area (Å²) >= 11 is 0. The molecule has 3 N–H and O–H groups in total. The third-order valence-corrected chi connectivity index (χ3v) is 6.60. The summed E-state index contributed by atoms with van der Waals surface area (Å²) in [6, 6.07) is 10.3. The number of nitrogens with one attached hydrogen (secondary N) is 1. The van der Waals surface area contributed by atoms with E-state index >= 15 is 0 Å². The van der Waals surface area contributed by atoms with Gasteiger partial charge >= 0.3 is 0 Å². The van der Waals surface area contributed by atoms with E-state index in [2.05, 4.69) is 44.5 Å². The Morgan fingerprint density at radius 2 is 1.94 bits per heavy atom. The van der Waals surface area contributed by atoms with E-state index in [4.69, 9.17) is 15.5 Å². The summed E-state index contributed by atoms with van der Waals surface area (Å²) in [6.07, 6.45) is 8.09. The lowest BCUT2D eigenvalue weighted by Gasteiger charge is -2.31. The summed E-state index contributed by atoms with van der Waals surface area (Å²) in [6.45, 7) is 4.09. The van der Waals surface area contributed by atoms with Crippen molar-refractivity contribution in [2.75, 3.05) is 29.9 Å². The third kappa shape index (κ3) is 4.75. The Hall–Kier alpha value is -3.26. The number of nitrogens with two attached hydrogens (primary N) is 1. The molecule has 33 heavy (non-hydrogen) atoms. The molecule has 2 aliphatic rings. The second-order valence-electron chi connectivity index (χ2n) is 9.04. The molecular weight excluding hydrogens is 416 g/mol. The fourth-order valence-electron chi connectivity index (χ4n) is 4.78. The highest BCUT2D eigenvalue weighted by atomic mass is 16.5. The van der Waals surface area contributed by atoms with Crippen molar-refractivity contribution in [2.24, 2.45) is 5.73 Å². The second-order valence-corrected chi connectivity index (χ2v) is 9.04. The standard InChI is InChI=1S/C25H30N6O2/c1-16-15-31(11-12-33-16)25-29-23-21(13-19(14-27-23)22(26)32)24(30-25)28-20-9-7-18(8-10-20)17-5-3-2-4-6-17/h7-10,13-14,16-17H,2-6,11-12,15H2,1H3,(H2,26,32)(H,27,28,29,30). The number of carbonyl (C=O) groups excluding carboxylic acids is 1. The van der Waals surface area contributed by atoms with Gasteiger partial charge in [-0.3, -0.25) is 4.79 Å². The maximum Gasteiger partial charge on any atom is 0.250 e. The number of hydrogen-bond donors (Lipinski definition) is 2. The Kier molecular flexibility index (Phi) is 6.09. The number of amides is 1. The highest BCUT2D eigenvalue weighted by Crippen LogP contribution is 2.34. The van der Waals surface area contributed by atoms with Gasteiger partial charge < -0.3 is 20.7 Å². The molecule has 172 valence electrons. The summed E-state index contributed by atoms with van der Waals surface area (Å²) in [7, 11) is 0. The van der Waals surface area contributed by atoms with E-state index in [1.807, 2.05) is 6.92 Å². The lowest BCUT2D eigenvalue weighted by atomic mass is 9.84. The summed E-state index contributed by atoms with van der Waals surface area (Å²) in [5.41, 5.74) is 8.67. The van der Waals surface area contributed by atoms with Crippen molar-refractivity contribution in [3.05, 3.63) is 47.7 Å². The number of hydrogen-bond acceptors (Lipinski definition) is 7. The minimum absolute atomic E-state index is 0.104. The second kappa shape index (κ2) is 9.31. The van der Waals surface area contributed by atoms with Crippen LogP contribution in [0.5, 0.6) is 0 Å². The SMILES string of the molecule is CC1CN(c2nc(Nc3ccc(C4CCCCC4)cc3)c3cc(C(N)=O)cnc3n2)CCO1. The molecule has 5 rings (SSSR count). The van der Waals surface area contributed by atoms with E-state index < -0.39 is 5.91 Å². The Balaban J connectivity index is 1.49. The number of nitrogens with zero attached hydrogens (tertiary/aromatic N) is 4. The van der Waals surface area contributed by atoms with Crippen molar-refractivity contribution >= 4 is 34.4 Å². The Labute approximate surface area is 193 Å². The van der Waals surface area contributed by atoms with Crippen molar-refractivity contribution in [3.8, 4) is 0 Å². The van der Waals surface area contributed by atoms with Crippen LogP contribution in [-0.2, 0) is 4.74 Å². The van der Waals surface area contributed by atoms with Gasteiger partial charge in [-0.05, 0) is 49.4 Å². The van der Waals surface area contributed by atoms with Crippen LogP contribution in [0, 0.1) is 0 Å². The van der Waals surface area contributed by atoms with Crippen molar-refractivity contribution in [1.29, 1.82) is 0 Å². The van der Waals surface area contributed by atoms with Crippen molar-refractivity contribution in [1.82, 2.24) is 15.0 Å². The monoisotopic (exact) mass is 446 g/mol. The normalized spacial score (nSPS) is 19.5. The molecular formula is C25H30N6O2. The number of fused-ring (bicyclic) bond motifs is 1. The van der Waals surface area contributed by atoms with Gasteiger partial charge in [0.15, 0.2) is 5.65 Å². The number of ether oxygens (including phenoxy) is 1. The van der Waals surface area contributed by atoms with Crippen LogP contribution in [0.3, 0.4) is 0 Å². The van der Waals surface area contributed by atoms with Gasteiger partial charge in [0.2, 0.25) is 11.9 Å². The minimum Gasteiger partial charge on any atom is -0.375 e. The lowest BCUT2D eigenvalue weighted by molar-refractivity contribution is 0.0526. The van der Waals surface area contributed by atoms with Crippen molar-refractivity contribution in [3.63, 3.8) is 0 Å². The molecule has 0 spiro atoms. The number of benzene rings is 1. The minimum atomic E-state index is -0.529. The molecule has 0 radical (unpaired) electrons. The molecule has 1 saturated carbocycles. The van der Waals surface area contributed by atoms with Gasteiger partial charge in [-0.25, -0.2) is 4.98 Å². The van der Waals surface area contributed by atoms with E-state index in [-0.39, 0.29) is 6.10 Å². The first-order valence-electron chi connectivity index (χ1n) is 11.8. The molecule has 1 amide bonds. The lowest BCUT2D eigenvalue weighted by Crippen LogP contribution is -2.42. The maximum absolute atomic E-state index is 11.8. The summed E-state index contributed by atoms with van der Waals surface area (Å²) in [5.74, 6) is 1.33. The molecule has 1 saturated heterocycles. The largest absolute Gasteiger partial charge is 0.375 e. The smallest absolute Gasteiger partial charge is 0.250 e. The van der Waals surface area contributed by atoms with E-state index in [9.17, 15) is 4.79 Å². The Bertz CT molecular complexity index is 1140. The van der Waals surface area contributed by atoms with Crippen LogP contribution in [0.25, 0.3) is 11.0 Å². The van der Waals surface area contributed by atoms with E-state index in [0.29, 0.717) is 54.0 Å². The fraction of sp³-hybridized carbons (Fsp3) is 0.440. The molecule has 1 unspecified atom stereocenters. The van der Waals surface area contributed by atoms with Crippen LogP contribution in [-0.4, -0.2) is 46.7 Å². The average Bonchev–Trinajstić information content (AvgIpc) is 2.84. The number of anilines is 3. The molecule has 2 aromatic heterocycles. The predicted octanol–water partition coefficient (Wildman–Crippen LogP) is 4.14. The number of carbonyl (C=O) groups is 1. The number of rotatable bonds is 5. The van der Waals surface area contributed by atoms with Gasteiger partial charge in [-0.15, -0.1) is 0 Å². The highest BCUT2D eigenvalue weighted by Gasteiger charge is 2.22. The average molecular weight is 447 g/mol. The number of primary amides is 1. The topological polar surface area (TPSA) is 106 Å². The first-order valence-corrected chi connectivity index (χ1v) is 11.8. The highest BCUT2D eigenvalue weighted by molar-refractivity contribution is 5.98. The Morgan fingerprint density at radius 3 is 2.67 bits per heavy atom. The molecule has 8 heteroatoms. The van der Waals surface area contributed by atoms with Crippen LogP contribution >= 0.6 is 0 Å². The molecule has 1 aliphatic carbocycles. The fourth-order valence-corrected chi connectivity index (χ4v) is 4.78. The van der Waals surface area contributed by atoms with Crippen LogP contribution in [0.2, 0.25) is 0 Å².